The molecule has 8 nitrogen and oxygen atoms in total. The lowest BCUT2D eigenvalue weighted by molar-refractivity contribution is 0.0684. The van der Waals surface area contributed by atoms with Crippen LogP contribution in [0.25, 0.3) is 0 Å². The van der Waals surface area contributed by atoms with Gasteiger partial charge in [-0.05, 0) is 18.9 Å². The fraction of sp³-hybridized carbons (Fsp3) is 0.353. The number of ketones is 1. The quantitative estimate of drug-likeness (QED) is 0.674. The van der Waals surface area contributed by atoms with E-state index < -0.39 is 21.4 Å². The van der Waals surface area contributed by atoms with Crippen LogP contribution in [0, 0.1) is 0 Å². The van der Waals surface area contributed by atoms with Gasteiger partial charge in [-0.25, -0.2) is 23.3 Å². The van der Waals surface area contributed by atoms with Crippen molar-refractivity contribution in [3.63, 3.8) is 0 Å². The van der Waals surface area contributed by atoms with Gasteiger partial charge in [0.2, 0.25) is 10.0 Å². The number of aryl methyl sites for hydroxylation is 1. The Balaban J connectivity index is 2.66. The van der Waals surface area contributed by atoms with E-state index in [0.29, 0.717) is 17.8 Å². The molecular formula is C17H21N3O5S. The number of aromatic carboxylic acids is 1. The molecule has 1 aromatic carbocycles. The number of sulfonamides is 1. The first-order valence-corrected chi connectivity index (χ1v) is 9.69. The minimum atomic E-state index is -4.20. The Bertz CT molecular complexity index is 916. The molecule has 0 saturated heterocycles. The van der Waals surface area contributed by atoms with Crippen molar-refractivity contribution in [1.29, 1.82) is 0 Å². The molecule has 26 heavy (non-hydrogen) atoms. The molecule has 0 radical (unpaired) electrons. The van der Waals surface area contributed by atoms with Crippen molar-refractivity contribution in [2.75, 3.05) is 0 Å². The second-order valence-electron chi connectivity index (χ2n) is 5.96. The van der Waals surface area contributed by atoms with Crippen LogP contribution in [0.2, 0.25) is 0 Å². The molecule has 0 aliphatic carbocycles. The lowest BCUT2D eigenvalue weighted by Gasteiger charge is -2.21. The van der Waals surface area contributed by atoms with Gasteiger partial charge in [-0.1, -0.05) is 37.6 Å². The van der Waals surface area contributed by atoms with Gasteiger partial charge in [-0.3, -0.25) is 9.36 Å². The standard InChI is InChI=1S/C17H21N3O5S/c1-3-4-5-15-19-10-14(17(22)23)20(15)16(26(18,24)25)13-8-6-12(7-9-13)11(2)21/h6-10,16H,3-5H2,1-2H3,(H,22,23)(H2,18,24,25). The zero-order valence-corrected chi connectivity index (χ0v) is 15.4. The second kappa shape index (κ2) is 7.79. The van der Waals surface area contributed by atoms with E-state index in [4.69, 9.17) is 5.14 Å². The number of unbranched alkanes of at least 4 members (excludes halogenated alkanes) is 1. The molecule has 0 amide bonds. The molecule has 1 aromatic heterocycles. The molecule has 140 valence electrons. The third kappa shape index (κ3) is 4.17. The normalized spacial score (nSPS) is 12.7. The predicted octanol–water partition coefficient (Wildman–Crippen LogP) is 1.96. The molecule has 2 rings (SSSR count). The Hall–Kier alpha value is -2.52. The Labute approximate surface area is 151 Å². The number of carbonyl (C=O) groups is 2. The molecule has 1 unspecified atom stereocenters. The fourth-order valence-electron chi connectivity index (χ4n) is 2.71. The molecule has 1 atom stereocenters. The Morgan fingerprint density at radius 1 is 1.27 bits per heavy atom. The summed E-state index contributed by atoms with van der Waals surface area (Å²) in [6.07, 6.45) is 3.11. The fourth-order valence-corrected chi connectivity index (χ4v) is 3.77. The first-order valence-electron chi connectivity index (χ1n) is 8.08. The topological polar surface area (TPSA) is 132 Å². The summed E-state index contributed by atoms with van der Waals surface area (Å²) in [5, 5.41) is 13.4. The van der Waals surface area contributed by atoms with E-state index in [-0.39, 0.29) is 17.0 Å². The summed E-state index contributed by atoms with van der Waals surface area (Å²) in [5.41, 5.74) is 0.415. The van der Waals surface area contributed by atoms with E-state index in [0.717, 1.165) is 23.6 Å². The molecule has 9 heteroatoms. The van der Waals surface area contributed by atoms with Crippen LogP contribution in [0.4, 0.5) is 0 Å². The number of hydrogen-bond acceptors (Lipinski definition) is 5. The number of rotatable bonds is 8. The average molecular weight is 379 g/mol. The zero-order valence-electron chi connectivity index (χ0n) is 14.5. The summed E-state index contributed by atoms with van der Waals surface area (Å²) in [7, 11) is -4.20. The van der Waals surface area contributed by atoms with Gasteiger partial charge in [-0.2, -0.15) is 0 Å². The van der Waals surface area contributed by atoms with Crippen LogP contribution in [-0.2, 0) is 16.4 Å². The number of carboxylic acid groups (broad SMARTS) is 1. The molecule has 1 heterocycles. The molecule has 2 aromatic rings. The first kappa shape index (κ1) is 19.8. The van der Waals surface area contributed by atoms with E-state index >= 15 is 0 Å². The van der Waals surface area contributed by atoms with Crippen molar-refractivity contribution >= 4 is 21.8 Å². The van der Waals surface area contributed by atoms with Gasteiger partial charge in [-0.15, -0.1) is 0 Å². The summed E-state index contributed by atoms with van der Waals surface area (Å²) < 4.78 is 25.8. The number of benzene rings is 1. The highest BCUT2D eigenvalue weighted by Crippen LogP contribution is 2.27. The molecule has 0 spiro atoms. The number of imidazole rings is 1. The Morgan fingerprint density at radius 3 is 2.35 bits per heavy atom. The highest BCUT2D eigenvalue weighted by atomic mass is 32.2. The van der Waals surface area contributed by atoms with E-state index in [9.17, 15) is 23.1 Å². The maximum atomic E-state index is 12.3. The van der Waals surface area contributed by atoms with Gasteiger partial charge in [0.25, 0.3) is 0 Å². The molecule has 3 N–H and O–H groups in total. The van der Waals surface area contributed by atoms with Crippen molar-refractivity contribution in [3.05, 3.63) is 53.1 Å². The van der Waals surface area contributed by atoms with Crippen LogP contribution in [0.5, 0.6) is 0 Å². The Kier molecular flexibility index (Phi) is 5.94. The van der Waals surface area contributed by atoms with Gasteiger partial charge < -0.3 is 5.11 Å². The first-order chi connectivity index (χ1) is 12.2. The third-order valence-corrected chi connectivity index (χ3v) is 5.10. The molecular weight excluding hydrogens is 358 g/mol. The predicted molar refractivity (Wildman–Crippen MR) is 95.5 cm³/mol. The van der Waals surface area contributed by atoms with E-state index in [1.54, 1.807) is 0 Å². The molecule has 0 saturated carbocycles. The van der Waals surface area contributed by atoms with Gasteiger partial charge in [0.15, 0.2) is 11.2 Å². The number of nitrogens with two attached hydrogens (primary N) is 1. The van der Waals surface area contributed by atoms with Crippen LogP contribution >= 0.6 is 0 Å². The lowest BCUT2D eigenvalue weighted by Crippen LogP contribution is -2.30. The number of Topliss-reactive ketones (excluding diaryl/α,β-unsaturated/α-hetero) is 1. The maximum Gasteiger partial charge on any atom is 0.354 e. The third-order valence-electron chi connectivity index (χ3n) is 3.99. The minimum absolute atomic E-state index is 0.166. The minimum Gasteiger partial charge on any atom is -0.477 e. The van der Waals surface area contributed by atoms with Gasteiger partial charge in [0.05, 0.1) is 6.20 Å². The molecule has 0 bridgehead atoms. The van der Waals surface area contributed by atoms with Crippen LogP contribution in [0.3, 0.4) is 0 Å². The summed E-state index contributed by atoms with van der Waals surface area (Å²) in [6, 6.07) is 5.89. The van der Waals surface area contributed by atoms with Crippen molar-refractivity contribution in [3.8, 4) is 0 Å². The van der Waals surface area contributed by atoms with Gasteiger partial charge in [0.1, 0.15) is 11.5 Å². The Morgan fingerprint density at radius 2 is 1.88 bits per heavy atom. The average Bonchev–Trinajstić information content (AvgIpc) is 2.96. The number of primary sulfonamides is 1. The maximum absolute atomic E-state index is 12.3. The summed E-state index contributed by atoms with van der Waals surface area (Å²) in [6.45, 7) is 3.36. The van der Waals surface area contributed by atoms with E-state index in [2.05, 4.69) is 4.98 Å². The molecule has 0 aliphatic heterocycles. The largest absolute Gasteiger partial charge is 0.477 e. The van der Waals surface area contributed by atoms with Gasteiger partial charge >= 0.3 is 5.97 Å². The highest BCUT2D eigenvalue weighted by molar-refractivity contribution is 7.89. The number of hydrogen-bond donors (Lipinski definition) is 2. The number of aromatic nitrogens is 2. The highest BCUT2D eigenvalue weighted by Gasteiger charge is 2.31. The van der Waals surface area contributed by atoms with Crippen LogP contribution in [0.15, 0.2) is 30.5 Å². The number of carboxylic acids is 1. The zero-order chi connectivity index (χ0) is 19.5. The number of nitrogens with zero attached hydrogens (tertiary/aromatic N) is 2. The molecule has 0 fully saturated rings. The van der Waals surface area contributed by atoms with Crippen molar-refractivity contribution in [2.24, 2.45) is 5.14 Å². The van der Waals surface area contributed by atoms with Crippen LogP contribution < -0.4 is 5.14 Å². The van der Waals surface area contributed by atoms with Gasteiger partial charge in [0, 0.05) is 12.0 Å². The van der Waals surface area contributed by atoms with Crippen molar-refractivity contribution in [1.82, 2.24) is 9.55 Å². The molecule has 0 aliphatic rings. The number of carbonyl (C=O) groups excluding carboxylic acids is 1. The summed E-state index contributed by atoms with van der Waals surface area (Å²) in [4.78, 5) is 27.1. The summed E-state index contributed by atoms with van der Waals surface area (Å²) in [5.74, 6) is -1.13. The van der Waals surface area contributed by atoms with Crippen molar-refractivity contribution < 1.29 is 23.1 Å². The lowest BCUT2D eigenvalue weighted by atomic mass is 10.1. The summed E-state index contributed by atoms with van der Waals surface area (Å²) >= 11 is 0. The SMILES string of the molecule is CCCCc1ncc(C(=O)O)n1C(c1ccc(C(C)=O)cc1)S(N)(=O)=O. The van der Waals surface area contributed by atoms with E-state index in [1.165, 1.54) is 31.2 Å². The van der Waals surface area contributed by atoms with Crippen LogP contribution in [0.1, 0.15) is 64.3 Å². The van der Waals surface area contributed by atoms with Crippen molar-refractivity contribution in [2.45, 2.75) is 38.5 Å². The van der Waals surface area contributed by atoms with Crippen LogP contribution in [-0.4, -0.2) is 34.8 Å². The smallest absolute Gasteiger partial charge is 0.354 e. The van der Waals surface area contributed by atoms with E-state index in [1.807, 2.05) is 6.92 Å². The monoisotopic (exact) mass is 379 g/mol. The second-order valence-corrected chi connectivity index (χ2v) is 7.58.